The average Bonchev–Trinajstić information content (AvgIpc) is 3.55. The van der Waals surface area contributed by atoms with Crippen molar-refractivity contribution in [2.75, 3.05) is 26.2 Å². The van der Waals surface area contributed by atoms with Gasteiger partial charge in [-0.3, -0.25) is 9.69 Å². The van der Waals surface area contributed by atoms with Gasteiger partial charge < -0.3 is 14.5 Å². The minimum atomic E-state index is -5.08. The third kappa shape index (κ3) is 6.20. The van der Waals surface area contributed by atoms with E-state index < -0.39 is 12.1 Å². The fourth-order valence-corrected chi connectivity index (χ4v) is 4.79. The minimum Gasteiger partial charge on any atom is -0.475 e. The van der Waals surface area contributed by atoms with E-state index in [1.165, 1.54) is 0 Å². The van der Waals surface area contributed by atoms with Crippen LogP contribution >= 0.6 is 11.3 Å². The number of carbonyl (C=O) groups excluding carboxylic acids is 1. The number of rotatable bonds is 4. The number of aliphatic carboxylic acids is 1. The van der Waals surface area contributed by atoms with Gasteiger partial charge in [0.2, 0.25) is 0 Å². The number of carboxylic acids is 1. The van der Waals surface area contributed by atoms with Gasteiger partial charge in [0.25, 0.3) is 5.91 Å². The molecule has 1 saturated heterocycles. The number of carbonyl (C=O) groups is 2. The van der Waals surface area contributed by atoms with Crippen molar-refractivity contribution >= 4 is 34.2 Å². The third-order valence-corrected chi connectivity index (χ3v) is 6.95. The summed E-state index contributed by atoms with van der Waals surface area (Å²) in [5.74, 6) is -2.70. The van der Waals surface area contributed by atoms with Crippen LogP contribution in [0, 0.1) is 0 Å². The highest BCUT2D eigenvalue weighted by Crippen LogP contribution is 2.33. The van der Waals surface area contributed by atoms with Gasteiger partial charge in [-0.05, 0) is 32.0 Å². The molecule has 2 aromatic heterocycles. The van der Waals surface area contributed by atoms with E-state index in [0.717, 1.165) is 47.8 Å². The molecule has 2 aromatic carbocycles. The summed E-state index contributed by atoms with van der Waals surface area (Å²) in [7, 11) is 0. The first-order valence-electron chi connectivity index (χ1n) is 11.8. The number of aromatic nitrogens is 2. The number of alkyl halides is 3. The van der Waals surface area contributed by atoms with E-state index in [0.29, 0.717) is 22.9 Å². The molecule has 8 nitrogen and oxygen atoms in total. The monoisotopic (exact) mass is 546 g/mol. The summed E-state index contributed by atoms with van der Waals surface area (Å²) >= 11 is 1.57. The van der Waals surface area contributed by atoms with Crippen molar-refractivity contribution in [3.8, 4) is 22.0 Å². The van der Waals surface area contributed by atoms with Gasteiger partial charge >= 0.3 is 12.1 Å². The van der Waals surface area contributed by atoms with E-state index in [2.05, 4.69) is 23.9 Å². The number of halogens is 3. The molecule has 12 heteroatoms. The largest absolute Gasteiger partial charge is 0.490 e. The summed E-state index contributed by atoms with van der Waals surface area (Å²) in [4.78, 5) is 31.1. The van der Waals surface area contributed by atoms with Crippen LogP contribution in [0.3, 0.4) is 0 Å². The number of benzene rings is 2. The summed E-state index contributed by atoms with van der Waals surface area (Å²) in [6.45, 7) is 7.70. The van der Waals surface area contributed by atoms with Gasteiger partial charge in [0.1, 0.15) is 16.4 Å². The van der Waals surface area contributed by atoms with Crippen molar-refractivity contribution < 1.29 is 32.4 Å². The molecule has 1 fully saturated rings. The highest BCUT2D eigenvalue weighted by Gasteiger charge is 2.38. The molecule has 5 rings (SSSR count). The number of thiazole rings is 1. The van der Waals surface area contributed by atoms with Gasteiger partial charge in [0.15, 0.2) is 5.58 Å². The third-order valence-electron chi connectivity index (χ3n) is 6.06. The van der Waals surface area contributed by atoms with Crippen molar-refractivity contribution in [3.63, 3.8) is 0 Å². The maximum absolute atomic E-state index is 13.1. The standard InChI is InChI=1S/C24H24N4O2S.C2HF3O2/c1-16(2)27-10-12-28(13-11-27)24(29)18-8-9-21-19(14-18)22(26-30-21)20-15-31-23(25-20)17-6-4-3-5-7-17;3-2(4,5)1(6)7/h3-9,14-16H,10-13H2,1-2H3;(H,6,7). The molecule has 1 aliphatic rings. The minimum absolute atomic E-state index is 0.0562. The first kappa shape index (κ1) is 27.3. The summed E-state index contributed by atoms with van der Waals surface area (Å²) in [6, 6.07) is 16.1. The van der Waals surface area contributed by atoms with Gasteiger partial charge in [0, 0.05) is 48.7 Å². The van der Waals surface area contributed by atoms with Crippen molar-refractivity contribution in [2.24, 2.45) is 0 Å². The topological polar surface area (TPSA) is 99.8 Å². The number of nitrogens with zero attached hydrogens (tertiary/aromatic N) is 4. The van der Waals surface area contributed by atoms with E-state index in [1.807, 2.05) is 58.8 Å². The number of hydrogen-bond acceptors (Lipinski definition) is 7. The number of piperazine rings is 1. The second-order valence-corrected chi connectivity index (χ2v) is 9.73. The lowest BCUT2D eigenvalue weighted by atomic mass is 10.1. The van der Waals surface area contributed by atoms with Crippen LogP contribution in [-0.2, 0) is 4.79 Å². The molecular weight excluding hydrogens is 521 g/mol. The lowest BCUT2D eigenvalue weighted by Crippen LogP contribution is -2.50. The Kier molecular flexibility index (Phi) is 8.12. The predicted molar refractivity (Wildman–Crippen MR) is 137 cm³/mol. The first-order valence-corrected chi connectivity index (χ1v) is 12.7. The maximum atomic E-state index is 13.1. The Morgan fingerprint density at radius 1 is 1.05 bits per heavy atom. The molecule has 200 valence electrons. The Bertz CT molecular complexity index is 1410. The molecule has 4 aromatic rings. The van der Waals surface area contributed by atoms with Gasteiger partial charge in [-0.15, -0.1) is 11.3 Å². The van der Waals surface area contributed by atoms with Crippen LogP contribution in [0.4, 0.5) is 13.2 Å². The van der Waals surface area contributed by atoms with Crippen LogP contribution < -0.4 is 0 Å². The molecule has 0 aliphatic carbocycles. The number of fused-ring (bicyclic) bond motifs is 1. The summed E-state index contributed by atoms with van der Waals surface area (Å²) in [6.07, 6.45) is -5.08. The molecule has 0 atom stereocenters. The maximum Gasteiger partial charge on any atom is 0.490 e. The predicted octanol–water partition coefficient (Wildman–Crippen LogP) is 5.42. The molecule has 1 amide bonds. The molecule has 38 heavy (non-hydrogen) atoms. The van der Waals surface area contributed by atoms with Crippen molar-refractivity contribution in [1.29, 1.82) is 0 Å². The second-order valence-electron chi connectivity index (χ2n) is 8.87. The van der Waals surface area contributed by atoms with Crippen LogP contribution in [0.5, 0.6) is 0 Å². The van der Waals surface area contributed by atoms with Gasteiger partial charge in [-0.1, -0.05) is 35.5 Å². The molecule has 0 unspecified atom stereocenters. The van der Waals surface area contributed by atoms with Crippen molar-refractivity contribution in [1.82, 2.24) is 19.9 Å². The molecular formula is C26H25F3N4O4S. The zero-order valence-electron chi connectivity index (χ0n) is 20.6. The smallest absolute Gasteiger partial charge is 0.475 e. The molecule has 0 spiro atoms. The molecule has 0 radical (unpaired) electrons. The van der Waals surface area contributed by atoms with Gasteiger partial charge in [-0.25, -0.2) is 9.78 Å². The summed E-state index contributed by atoms with van der Waals surface area (Å²) in [5.41, 5.74) is 3.83. The number of hydrogen-bond donors (Lipinski definition) is 1. The highest BCUT2D eigenvalue weighted by atomic mass is 32.1. The van der Waals surface area contributed by atoms with Crippen molar-refractivity contribution in [3.05, 3.63) is 59.5 Å². The molecule has 3 heterocycles. The van der Waals surface area contributed by atoms with Crippen LogP contribution in [-0.4, -0.2) is 75.3 Å². The lowest BCUT2D eigenvalue weighted by molar-refractivity contribution is -0.192. The Morgan fingerprint density at radius 2 is 1.71 bits per heavy atom. The zero-order chi connectivity index (χ0) is 27.4. The fraction of sp³-hybridized carbons (Fsp3) is 0.308. The Labute approximate surface area is 220 Å². The average molecular weight is 547 g/mol. The van der Waals surface area contributed by atoms with E-state index in [4.69, 9.17) is 19.4 Å². The fourth-order valence-electron chi connectivity index (χ4n) is 3.98. The van der Waals surface area contributed by atoms with E-state index in [9.17, 15) is 18.0 Å². The second kappa shape index (κ2) is 11.3. The van der Waals surface area contributed by atoms with Crippen LogP contribution in [0.2, 0.25) is 0 Å². The Balaban J connectivity index is 0.000000426. The first-order chi connectivity index (χ1) is 18.0. The van der Waals surface area contributed by atoms with Crippen LogP contribution in [0.15, 0.2) is 58.4 Å². The molecule has 1 aliphatic heterocycles. The number of amides is 1. The van der Waals surface area contributed by atoms with Gasteiger partial charge in [-0.2, -0.15) is 13.2 Å². The Hall–Kier alpha value is -3.77. The highest BCUT2D eigenvalue weighted by molar-refractivity contribution is 7.13. The van der Waals surface area contributed by atoms with E-state index in [1.54, 1.807) is 11.3 Å². The van der Waals surface area contributed by atoms with E-state index >= 15 is 0 Å². The Morgan fingerprint density at radius 3 is 2.32 bits per heavy atom. The molecule has 1 N–H and O–H groups in total. The molecule has 0 bridgehead atoms. The van der Waals surface area contributed by atoms with Crippen LogP contribution in [0.25, 0.3) is 32.9 Å². The normalized spacial score (nSPS) is 14.4. The SMILES string of the molecule is CC(C)N1CCN(C(=O)c2ccc3onc(-c4csc(-c5ccccc5)n4)c3c2)CC1.O=C(O)C(F)(F)F. The summed E-state index contributed by atoms with van der Waals surface area (Å²) < 4.78 is 37.3. The van der Waals surface area contributed by atoms with E-state index in [-0.39, 0.29) is 5.91 Å². The van der Waals surface area contributed by atoms with Crippen LogP contribution in [0.1, 0.15) is 24.2 Å². The molecule has 0 saturated carbocycles. The lowest BCUT2D eigenvalue weighted by Gasteiger charge is -2.36. The quantitative estimate of drug-likeness (QED) is 0.365. The van der Waals surface area contributed by atoms with Crippen molar-refractivity contribution in [2.45, 2.75) is 26.1 Å². The van der Waals surface area contributed by atoms with Gasteiger partial charge in [0.05, 0.1) is 5.39 Å². The summed E-state index contributed by atoms with van der Waals surface area (Å²) in [5, 5.41) is 15.1. The zero-order valence-corrected chi connectivity index (χ0v) is 21.4. The number of carboxylic acid groups (broad SMARTS) is 1.